The van der Waals surface area contributed by atoms with Gasteiger partial charge in [-0.3, -0.25) is 25.0 Å². The van der Waals surface area contributed by atoms with E-state index < -0.39 is 27.1 Å². The van der Waals surface area contributed by atoms with Crippen LogP contribution >= 0.6 is 0 Å². The molecule has 4 aromatic rings. The van der Waals surface area contributed by atoms with Crippen molar-refractivity contribution in [3.8, 4) is 17.1 Å². The molecule has 0 aliphatic heterocycles. The topological polar surface area (TPSA) is 223 Å². The molecule has 0 saturated heterocycles. The third kappa shape index (κ3) is 4.13. The van der Waals surface area contributed by atoms with Crippen molar-refractivity contribution in [3.05, 3.63) is 80.0 Å². The van der Waals surface area contributed by atoms with E-state index in [9.17, 15) is 25.0 Å². The number of nitrogens with two attached hydrogens (primary N) is 1. The van der Waals surface area contributed by atoms with E-state index >= 15 is 0 Å². The highest BCUT2D eigenvalue weighted by atomic mass is 16.6. The first-order chi connectivity index (χ1) is 16.4. The lowest BCUT2D eigenvalue weighted by Gasteiger charge is -2.05. The van der Waals surface area contributed by atoms with Crippen LogP contribution in [0.15, 0.2) is 58.3 Å². The van der Waals surface area contributed by atoms with Gasteiger partial charge < -0.3 is 5.73 Å². The number of rotatable bonds is 7. The van der Waals surface area contributed by atoms with Crippen LogP contribution in [0, 0.1) is 20.2 Å². The summed E-state index contributed by atoms with van der Waals surface area (Å²) in [5.41, 5.74) is 7.44. The second-order valence-electron chi connectivity index (χ2n) is 6.49. The highest BCUT2D eigenvalue weighted by Crippen LogP contribution is 2.26. The first-order valence-corrected chi connectivity index (χ1v) is 9.22. The molecule has 170 valence electrons. The molecule has 0 aliphatic carbocycles. The number of aromatic nitrogens is 5. The van der Waals surface area contributed by atoms with Crippen LogP contribution in [0.5, 0.6) is 0 Å². The van der Waals surface area contributed by atoms with E-state index in [2.05, 4.69) is 35.8 Å². The number of nitrogen functional groups attached to an aromatic ring is 1. The SMILES string of the molecule is Nc1nonc1-n1nnc(C(=O)NN=Cc2ccc([N+](=O)[O-])cc2[N+](=O)[O-])c1-c1ccccc1. The van der Waals surface area contributed by atoms with Gasteiger partial charge in [-0.15, -0.1) is 5.10 Å². The zero-order valence-corrected chi connectivity index (χ0v) is 16.8. The second-order valence-corrected chi connectivity index (χ2v) is 6.49. The lowest BCUT2D eigenvalue weighted by Crippen LogP contribution is -2.19. The number of nitrogens with one attached hydrogen (secondary N) is 1. The maximum atomic E-state index is 12.8. The molecular weight excluding hydrogens is 452 g/mol. The van der Waals surface area contributed by atoms with Crippen LogP contribution in [0.2, 0.25) is 0 Å². The largest absolute Gasteiger partial charge is 0.378 e. The molecule has 2 aromatic carbocycles. The number of carbonyl (C=O) groups excluding carboxylic acids is 1. The monoisotopic (exact) mass is 464 g/mol. The van der Waals surface area contributed by atoms with Gasteiger partial charge >= 0.3 is 0 Å². The average molecular weight is 464 g/mol. The number of amides is 1. The summed E-state index contributed by atoms with van der Waals surface area (Å²) in [7, 11) is 0. The number of carbonyl (C=O) groups is 1. The first-order valence-electron chi connectivity index (χ1n) is 9.22. The Hall–Kier alpha value is -5.54. The smallest absolute Gasteiger partial charge is 0.294 e. The number of hydrogen-bond donors (Lipinski definition) is 2. The van der Waals surface area contributed by atoms with Crippen molar-refractivity contribution in [2.45, 2.75) is 0 Å². The van der Waals surface area contributed by atoms with Gasteiger partial charge in [0.05, 0.1) is 27.7 Å². The number of non-ortho nitro benzene ring substituents is 1. The van der Waals surface area contributed by atoms with Crippen LogP contribution in [0.25, 0.3) is 17.1 Å². The van der Waals surface area contributed by atoms with Crippen LogP contribution in [-0.4, -0.2) is 47.3 Å². The number of nitrogens with zero attached hydrogens (tertiary/aromatic N) is 8. The predicted octanol–water partition coefficient (Wildman–Crippen LogP) is 1.48. The van der Waals surface area contributed by atoms with E-state index in [4.69, 9.17) is 5.73 Å². The lowest BCUT2D eigenvalue weighted by atomic mass is 10.1. The number of nitro benzene ring substituents is 2. The van der Waals surface area contributed by atoms with E-state index in [0.717, 1.165) is 24.4 Å². The molecule has 1 amide bonds. The molecule has 0 fully saturated rings. The molecule has 3 N–H and O–H groups in total. The Labute approximate surface area is 187 Å². The van der Waals surface area contributed by atoms with Gasteiger partial charge in [0.2, 0.25) is 11.6 Å². The maximum absolute atomic E-state index is 12.8. The van der Waals surface area contributed by atoms with Crippen LogP contribution in [0.4, 0.5) is 17.2 Å². The Balaban J connectivity index is 1.66. The van der Waals surface area contributed by atoms with Crippen molar-refractivity contribution in [1.82, 2.24) is 30.7 Å². The normalized spacial score (nSPS) is 10.9. The molecule has 2 aromatic heterocycles. The third-order valence-electron chi connectivity index (χ3n) is 4.42. The Morgan fingerprint density at radius 1 is 1.12 bits per heavy atom. The molecule has 0 unspecified atom stereocenters. The summed E-state index contributed by atoms with van der Waals surface area (Å²) in [4.78, 5) is 33.3. The Morgan fingerprint density at radius 2 is 1.88 bits per heavy atom. The molecule has 16 heteroatoms. The van der Waals surface area contributed by atoms with Crippen molar-refractivity contribution >= 4 is 29.3 Å². The van der Waals surface area contributed by atoms with Gasteiger partial charge in [-0.1, -0.05) is 35.5 Å². The fourth-order valence-corrected chi connectivity index (χ4v) is 2.90. The number of hydrogen-bond acceptors (Lipinski definition) is 12. The van der Waals surface area contributed by atoms with Gasteiger partial charge in [0.15, 0.2) is 5.69 Å². The summed E-state index contributed by atoms with van der Waals surface area (Å²) in [5.74, 6) is -0.881. The molecule has 0 aliphatic rings. The van der Waals surface area contributed by atoms with Crippen molar-refractivity contribution in [2.75, 3.05) is 5.73 Å². The summed E-state index contributed by atoms with van der Waals surface area (Å²) in [6, 6.07) is 11.6. The lowest BCUT2D eigenvalue weighted by molar-refractivity contribution is -0.394. The van der Waals surface area contributed by atoms with Gasteiger partial charge in [-0.05, 0) is 16.4 Å². The number of nitro groups is 2. The van der Waals surface area contributed by atoms with Crippen molar-refractivity contribution in [1.29, 1.82) is 0 Å². The summed E-state index contributed by atoms with van der Waals surface area (Å²) in [6.45, 7) is 0. The van der Waals surface area contributed by atoms with E-state index in [0.29, 0.717) is 5.56 Å². The number of benzene rings is 2. The van der Waals surface area contributed by atoms with Crippen LogP contribution in [0.3, 0.4) is 0 Å². The van der Waals surface area contributed by atoms with E-state index in [1.165, 1.54) is 4.68 Å². The van der Waals surface area contributed by atoms with Crippen LogP contribution in [-0.2, 0) is 0 Å². The van der Waals surface area contributed by atoms with Crippen LogP contribution in [0.1, 0.15) is 16.1 Å². The fraction of sp³-hybridized carbons (Fsp3) is 0. The van der Waals surface area contributed by atoms with Crippen molar-refractivity contribution < 1.29 is 19.3 Å². The van der Waals surface area contributed by atoms with Crippen LogP contribution < -0.4 is 11.2 Å². The maximum Gasteiger partial charge on any atom is 0.294 e. The Morgan fingerprint density at radius 3 is 2.53 bits per heavy atom. The zero-order valence-electron chi connectivity index (χ0n) is 16.8. The molecule has 16 nitrogen and oxygen atoms in total. The van der Waals surface area contributed by atoms with Gasteiger partial charge in [-0.2, -0.15) is 9.78 Å². The minimum atomic E-state index is -0.805. The molecule has 34 heavy (non-hydrogen) atoms. The minimum Gasteiger partial charge on any atom is -0.378 e. The molecule has 0 saturated carbocycles. The summed E-state index contributed by atoms with van der Waals surface area (Å²) < 4.78 is 5.76. The average Bonchev–Trinajstić information content (AvgIpc) is 3.45. The highest BCUT2D eigenvalue weighted by molar-refractivity contribution is 5.99. The van der Waals surface area contributed by atoms with Gasteiger partial charge in [-0.25, -0.2) is 10.1 Å². The van der Waals surface area contributed by atoms with Gasteiger partial charge in [0.1, 0.15) is 5.69 Å². The summed E-state index contributed by atoms with van der Waals surface area (Å²) >= 11 is 0. The predicted molar refractivity (Wildman–Crippen MR) is 114 cm³/mol. The molecule has 0 atom stereocenters. The summed E-state index contributed by atoms with van der Waals surface area (Å²) in [5, 5.41) is 40.7. The quantitative estimate of drug-likeness (QED) is 0.226. The van der Waals surface area contributed by atoms with Crippen molar-refractivity contribution in [3.63, 3.8) is 0 Å². The highest BCUT2D eigenvalue weighted by Gasteiger charge is 2.25. The molecule has 0 radical (unpaired) electrons. The third-order valence-corrected chi connectivity index (χ3v) is 4.42. The second kappa shape index (κ2) is 8.91. The number of hydrazone groups is 1. The molecule has 2 heterocycles. The van der Waals surface area contributed by atoms with Gasteiger partial charge in [0, 0.05) is 11.6 Å². The molecular formula is C18H12N10O6. The van der Waals surface area contributed by atoms with Gasteiger partial charge in [0.25, 0.3) is 17.3 Å². The first kappa shape index (κ1) is 21.7. The van der Waals surface area contributed by atoms with E-state index in [1.807, 2.05) is 0 Å². The zero-order chi connectivity index (χ0) is 24.2. The standard InChI is InChI=1S/C18H12N10O6/c19-16-17(24-34-23-16)26-15(10-4-2-1-3-5-10)14(21-25-26)18(29)22-20-9-11-6-7-12(27(30)31)8-13(11)28(32)33/h1-9H,(H2,19,23)(H,22,29). The molecule has 0 bridgehead atoms. The molecule has 0 spiro atoms. The van der Waals surface area contributed by atoms with E-state index in [-0.39, 0.29) is 28.6 Å². The Kier molecular flexibility index (Phi) is 5.68. The molecule has 4 rings (SSSR count). The van der Waals surface area contributed by atoms with Crippen molar-refractivity contribution in [2.24, 2.45) is 5.10 Å². The number of anilines is 1. The summed E-state index contributed by atoms with van der Waals surface area (Å²) in [6.07, 6.45) is 0.978. The van der Waals surface area contributed by atoms with E-state index in [1.54, 1.807) is 30.3 Å². The minimum absolute atomic E-state index is 0.00964. The fourth-order valence-electron chi connectivity index (χ4n) is 2.90. The Bertz CT molecular complexity index is 1430.